The van der Waals surface area contributed by atoms with Gasteiger partial charge in [0.05, 0.1) is 18.6 Å². The van der Waals surface area contributed by atoms with E-state index in [1.165, 1.54) is 6.92 Å². The monoisotopic (exact) mass is 714 g/mol. The number of nitrogens with zero attached hydrogens (tertiary/aromatic N) is 1. The molecular formula is C31H58N10O9. The molecule has 0 fully saturated rings. The molecule has 0 unspecified atom stereocenters. The molecule has 0 saturated carbocycles. The minimum Gasteiger partial charge on any atom is -0.480 e. The quantitative estimate of drug-likeness (QED) is 0.0285. The fourth-order valence-electron chi connectivity index (χ4n) is 4.63. The fraction of sp³-hybridized carbons (Fsp3) is 0.742. The van der Waals surface area contributed by atoms with Crippen molar-refractivity contribution in [3.63, 3.8) is 0 Å². The van der Waals surface area contributed by atoms with Crippen LogP contribution in [0.5, 0.6) is 0 Å². The third kappa shape index (κ3) is 16.7. The number of carboxylic acids is 1. The van der Waals surface area contributed by atoms with Crippen molar-refractivity contribution in [1.29, 1.82) is 0 Å². The molecular weight excluding hydrogens is 656 g/mol. The Morgan fingerprint density at radius 1 is 0.700 bits per heavy atom. The van der Waals surface area contributed by atoms with E-state index in [-0.39, 0.29) is 37.2 Å². The lowest BCUT2D eigenvalue weighted by Gasteiger charge is -2.30. The van der Waals surface area contributed by atoms with Crippen molar-refractivity contribution in [3.05, 3.63) is 0 Å². The van der Waals surface area contributed by atoms with Gasteiger partial charge in [0.1, 0.15) is 30.2 Å². The average Bonchev–Trinajstić information content (AvgIpc) is 3.00. The number of aliphatic hydroxyl groups excluding tert-OH is 1. The van der Waals surface area contributed by atoms with Gasteiger partial charge in [-0.1, -0.05) is 48.0 Å². The molecule has 0 aromatic heterocycles. The van der Waals surface area contributed by atoms with E-state index in [1.807, 2.05) is 6.92 Å². The van der Waals surface area contributed by atoms with E-state index in [4.69, 9.17) is 22.9 Å². The molecule has 286 valence electrons. The second kappa shape index (κ2) is 22.2. The molecule has 0 aliphatic heterocycles. The summed E-state index contributed by atoms with van der Waals surface area (Å²) in [5.41, 5.74) is 21.9. The van der Waals surface area contributed by atoms with Gasteiger partial charge in [-0.3, -0.25) is 33.8 Å². The topological polar surface area (TPSA) is 337 Å². The highest BCUT2D eigenvalue weighted by molar-refractivity contribution is 5.97. The minimum atomic E-state index is -1.65. The second-order valence-corrected chi connectivity index (χ2v) is 13.1. The number of aliphatic imine (C=N–C) groups is 1. The van der Waals surface area contributed by atoms with Gasteiger partial charge in [0.2, 0.25) is 35.4 Å². The highest BCUT2D eigenvalue weighted by Gasteiger charge is 2.36. The van der Waals surface area contributed by atoms with Gasteiger partial charge >= 0.3 is 5.97 Å². The molecule has 8 atom stereocenters. The average molecular weight is 715 g/mol. The van der Waals surface area contributed by atoms with Crippen LogP contribution in [0.3, 0.4) is 0 Å². The van der Waals surface area contributed by atoms with Crippen LogP contribution >= 0.6 is 0 Å². The summed E-state index contributed by atoms with van der Waals surface area (Å²) in [5.74, 6) is -7.59. The smallest absolute Gasteiger partial charge is 0.326 e. The van der Waals surface area contributed by atoms with Gasteiger partial charge in [0, 0.05) is 6.54 Å². The molecule has 0 spiro atoms. The second-order valence-electron chi connectivity index (χ2n) is 13.1. The third-order valence-electron chi connectivity index (χ3n) is 7.81. The summed E-state index contributed by atoms with van der Waals surface area (Å²) in [6.45, 7) is 11.8. The molecule has 0 saturated heterocycles. The maximum Gasteiger partial charge on any atom is 0.326 e. The number of primary amides is 1. The number of guanidine groups is 1. The van der Waals surface area contributed by atoms with Gasteiger partial charge in [-0.15, -0.1) is 0 Å². The minimum absolute atomic E-state index is 0.0304. The van der Waals surface area contributed by atoms with Crippen molar-refractivity contribution in [2.75, 3.05) is 6.54 Å². The molecule has 0 aliphatic rings. The largest absolute Gasteiger partial charge is 0.480 e. The molecule has 19 nitrogen and oxygen atoms in total. The molecule has 0 bridgehead atoms. The molecule has 0 aromatic rings. The number of rotatable bonds is 23. The summed E-state index contributed by atoms with van der Waals surface area (Å²) >= 11 is 0. The summed E-state index contributed by atoms with van der Waals surface area (Å²) in [6.07, 6.45) is -1.15. The normalized spacial score (nSPS) is 16.0. The number of hydrogen-bond donors (Lipinski definition) is 11. The van der Waals surface area contributed by atoms with Crippen LogP contribution in [0.4, 0.5) is 0 Å². The Morgan fingerprint density at radius 2 is 1.20 bits per heavy atom. The number of hydrogen-bond acceptors (Lipinski definition) is 10. The van der Waals surface area contributed by atoms with Gasteiger partial charge in [-0.2, -0.15) is 0 Å². The van der Waals surface area contributed by atoms with Crippen LogP contribution in [-0.4, -0.2) is 106 Å². The fourth-order valence-corrected chi connectivity index (χ4v) is 4.63. The molecule has 15 N–H and O–H groups in total. The van der Waals surface area contributed by atoms with E-state index in [2.05, 4.69) is 31.6 Å². The van der Waals surface area contributed by atoms with Gasteiger partial charge in [0.15, 0.2) is 5.96 Å². The Hall–Kier alpha value is -4.52. The molecule has 0 rings (SSSR count). The first kappa shape index (κ1) is 45.5. The lowest BCUT2D eigenvalue weighted by molar-refractivity contribution is -0.144. The number of carboxylic acid groups (broad SMARTS) is 1. The van der Waals surface area contributed by atoms with Crippen LogP contribution < -0.4 is 49.5 Å². The first-order valence-corrected chi connectivity index (χ1v) is 16.6. The van der Waals surface area contributed by atoms with Gasteiger partial charge < -0.3 is 59.7 Å². The highest BCUT2D eigenvalue weighted by atomic mass is 16.4. The van der Waals surface area contributed by atoms with Crippen molar-refractivity contribution in [2.24, 2.45) is 45.7 Å². The zero-order valence-electron chi connectivity index (χ0n) is 30.0. The van der Waals surface area contributed by atoms with Crippen LogP contribution in [0.15, 0.2) is 4.99 Å². The summed E-state index contributed by atoms with van der Waals surface area (Å²) in [5, 5.41) is 32.1. The first-order valence-electron chi connectivity index (χ1n) is 16.6. The molecule has 50 heavy (non-hydrogen) atoms. The number of aliphatic carboxylic acids is 1. The Balaban J connectivity index is 6.07. The number of nitrogens with two attached hydrogens (primary N) is 4. The van der Waals surface area contributed by atoms with Gasteiger partial charge in [0.25, 0.3) is 0 Å². The summed E-state index contributed by atoms with van der Waals surface area (Å²) in [7, 11) is 0. The van der Waals surface area contributed by atoms with Crippen LogP contribution in [-0.2, 0) is 33.6 Å². The standard InChI is InChI=1S/C31H58N10O9/c1-8-16(6)22(33)27(46)37-18(10-9-11-36-31(34)35)25(44)40-23(15(4)5)28(47)41-24(17(7)42)29(48)38-19(12-14(2)3)26(45)39-20(30(49)50)13-21(32)43/h14-20,22-24,42H,8-13,33H2,1-7H3,(H2,32,43)(H,37,46)(H,38,48)(H,39,45)(H,40,44)(H,41,47)(H,49,50)(H4,34,35,36)/t16-,17+,18-,19-,20-,22-,23-,24-/m0/s1. The van der Waals surface area contributed by atoms with Gasteiger partial charge in [-0.25, -0.2) is 4.79 Å². The van der Waals surface area contributed by atoms with E-state index in [0.717, 1.165) is 0 Å². The third-order valence-corrected chi connectivity index (χ3v) is 7.81. The SMILES string of the molecule is CC[C@H](C)[C@H](N)C(=O)N[C@@H](CCCN=C(N)N)C(=O)N[C@H](C(=O)N[C@H](C(=O)N[C@@H](CC(C)C)C(=O)N[C@@H](CC(N)=O)C(=O)O)[C@@H](C)O)C(C)C. The maximum absolute atomic E-state index is 13.5. The zero-order valence-corrected chi connectivity index (χ0v) is 30.0. The summed E-state index contributed by atoms with van der Waals surface area (Å²) in [4.78, 5) is 93.0. The number of aliphatic hydroxyl groups is 1. The first-order chi connectivity index (χ1) is 23.1. The molecule has 6 amide bonds. The lowest BCUT2D eigenvalue weighted by atomic mass is 9.98. The molecule has 0 aliphatic carbocycles. The van der Waals surface area contributed by atoms with E-state index in [0.29, 0.717) is 12.8 Å². The maximum atomic E-state index is 13.5. The number of amides is 6. The van der Waals surface area contributed by atoms with Gasteiger partial charge in [-0.05, 0) is 43.9 Å². The molecule has 0 heterocycles. The summed E-state index contributed by atoms with van der Waals surface area (Å²) < 4.78 is 0. The van der Waals surface area contributed by atoms with Crippen molar-refractivity contribution >= 4 is 47.4 Å². The van der Waals surface area contributed by atoms with E-state index in [9.17, 15) is 43.8 Å². The van der Waals surface area contributed by atoms with E-state index in [1.54, 1.807) is 34.6 Å². The Labute approximate surface area is 292 Å². The molecule has 19 heteroatoms. The van der Waals surface area contributed by atoms with Crippen LogP contribution in [0.25, 0.3) is 0 Å². The van der Waals surface area contributed by atoms with Crippen molar-refractivity contribution in [2.45, 2.75) is 123 Å². The Kier molecular flexibility index (Phi) is 20.2. The zero-order chi connectivity index (χ0) is 38.9. The predicted molar refractivity (Wildman–Crippen MR) is 184 cm³/mol. The van der Waals surface area contributed by atoms with Crippen LogP contribution in [0.2, 0.25) is 0 Å². The Morgan fingerprint density at radius 3 is 1.66 bits per heavy atom. The van der Waals surface area contributed by atoms with Crippen molar-refractivity contribution < 1.29 is 43.8 Å². The predicted octanol–water partition coefficient (Wildman–Crippen LogP) is -3.12. The van der Waals surface area contributed by atoms with Crippen molar-refractivity contribution in [3.8, 4) is 0 Å². The van der Waals surface area contributed by atoms with Crippen LogP contribution in [0, 0.1) is 17.8 Å². The Bertz CT molecular complexity index is 1210. The number of nitrogens with one attached hydrogen (secondary N) is 5. The highest BCUT2D eigenvalue weighted by Crippen LogP contribution is 2.11. The molecule has 0 radical (unpaired) electrons. The van der Waals surface area contributed by atoms with E-state index < -0.39 is 96.1 Å². The number of carbonyl (C=O) groups excluding carboxylic acids is 6. The van der Waals surface area contributed by atoms with Crippen LogP contribution in [0.1, 0.15) is 80.6 Å². The van der Waals surface area contributed by atoms with Crippen molar-refractivity contribution in [1.82, 2.24) is 26.6 Å². The van der Waals surface area contributed by atoms with E-state index >= 15 is 0 Å². The molecule has 0 aromatic carbocycles. The lowest BCUT2D eigenvalue weighted by Crippen LogP contribution is -2.62. The number of carbonyl (C=O) groups is 7. The summed E-state index contributed by atoms with van der Waals surface area (Å²) in [6, 6.07) is -7.87.